The molecular formula is C11H14ClN3O2S2. The predicted octanol–water partition coefficient (Wildman–Crippen LogP) is 2.96. The van der Waals surface area contributed by atoms with E-state index in [0.29, 0.717) is 17.3 Å². The van der Waals surface area contributed by atoms with E-state index >= 15 is 0 Å². The molecule has 0 radical (unpaired) electrons. The zero-order valence-corrected chi connectivity index (χ0v) is 12.9. The molecule has 2 rings (SSSR count). The molecule has 1 heterocycles. The Kier molecular flexibility index (Phi) is 4.10. The molecular weight excluding hydrogens is 306 g/mol. The van der Waals surface area contributed by atoms with Gasteiger partial charge in [0.25, 0.3) is 0 Å². The van der Waals surface area contributed by atoms with Gasteiger partial charge in [0.1, 0.15) is 16.3 Å². The first-order valence-electron chi connectivity index (χ1n) is 5.63. The lowest BCUT2D eigenvalue weighted by atomic mass is 9.97. The van der Waals surface area contributed by atoms with Gasteiger partial charge >= 0.3 is 0 Å². The van der Waals surface area contributed by atoms with Gasteiger partial charge in [0, 0.05) is 12.4 Å². The minimum absolute atomic E-state index is 0.157. The van der Waals surface area contributed by atoms with Crippen LogP contribution in [-0.4, -0.2) is 20.8 Å². The van der Waals surface area contributed by atoms with Gasteiger partial charge in [-0.25, -0.2) is 13.1 Å². The number of nitrogens with one attached hydrogen (secondary N) is 1. The maximum absolute atomic E-state index is 12.3. The van der Waals surface area contributed by atoms with Gasteiger partial charge in [-0.3, -0.25) is 0 Å². The Hall–Kier alpha value is -0.760. The lowest BCUT2D eigenvalue weighted by Gasteiger charge is -2.21. The summed E-state index contributed by atoms with van der Waals surface area (Å²) in [5.41, 5.74) is 0.691. The number of rotatable bonds is 5. The second-order valence-corrected chi connectivity index (χ2v) is 7.54. The van der Waals surface area contributed by atoms with Gasteiger partial charge < -0.3 is 0 Å². The molecule has 0 spiro atoms. The molecule has 0 unspecified atom stereocenters. The Morgan fingerprint density at radius 2 is 2.11 bits per heavy atom. The molecule has 1 aliphatic heterocycles. The normalized spacial score (nSPS) is 14.3. The molecule has 0 fully saturated rings. The summed E-state index contributed by atoms with van der Waals surface area (Å²) in [7, 11) is -3.60. The molecule has 1 aromatic carbocycles. The minimum atomic E-state index is -3.60. The molecule has 104 valence electrons. The fourth-order valence-electron chi connectivity index (χ4n) is 1.41. The molecule has 1 aromatic rings. The summed E-state index contributed by atoms with van der Waals surface area (Å²) in [6.07, 6.45) is 0. The Bertz CT molecular complexity index is 665. The topological polar surface area (TPSA) is 70.9 Å². The van der Waals surface area contributed by atoms with E-state index in [0.717, 1.165) is 11.4 Å². The Labute approximate surface area is 121 Å². The smallest absolute Gasteiger partial charge is 0.211 e. The first-order chi connectivity index (χ1) is 8.86. The van der Waals surface area contributed by atoms with Crippen molar-refractivity contribution in [1.29, 1.82) is 0 Å². The van der Waals surface area contributed by atoms with Crippen molar-refractivity contribution in [2.75, 3.05) is 12.4 Å². The summed E-state index contributed by atoms with van der Waals surface area (Å²) in [6, 6.07) is 4.92. The summed E-state index contributed by atoms with van der Waals surface area (Å²) in [6.45, 7) is 4.06. The van der Waals surface area contributed by atoms with Crippen molar-refractivity contribution >= 4 is 44.4 Å². The Balaban J connectivity index is 2.27. The van der Waals surface area contributed by atoms with E-state index in [1.807, 2.05) is 13.8 Å². The largest absolute Gasteiger partial charge is 0.242 e. The average Bonchev–Trinajstić information content (AvgIpc) is 2.84. The molecule has 1 N–H and O–H groups in total. The maximum atomic E-state index is 12.3. The molecule has 0 saturated carbocycles. The molecule has 8 heteroatoms. The molecule has 0 aliphatic carbocycles. The van der Waals surface area contributed by atoms with Crippen molar-refractivity contribution in [2.24, 2.45) is 14.1 Å². The van der Waals surface area contributed by atoms with Crippen LogP contribution in [0.25, 0.3) is 0 Å². The fraction of sp³-hybridized carbons (Fsp3) is 0.455. The van der Waals surface area contributed by atoms with E-state index in [4.69, 9.17) is 11.6 Å². The van der Waals surface area contributed by atoms with Crippen LogP contribution in [0.1, 0.15) is 13.8 Å². The highest BCUT2D eigenvalue weighted by molar-refractivity contribution is 7.89. The second kappa shape index (κ2) is 5.32. The number of nitrogens with zero attached hydrogens (tertiary/aromatic N) is 2. The van der Waals surface area contributed by atoms with Gasteiger partial charge in [-0.15, -0.1) is 11.6 Å². The Morgan fingerprint density at radius 1 is 1.37 bits per heavy atom. The summed E-state index contributed by atoms with van der Waals surface area (Å²) in [5, 5.41) is 0. The van der Waals surface area contributed by atoms with Gasteiger partial charge in [0.15, 0.2) is 0 Å². The van der Waals surface area contributed by atoms with Crippen molar-refractivity contribution < 1.29 is 8.42 Å². The van der Waals surface area contributed by atoms with E-state index in [1.165, 1.54) is 6.07 Å². The molecule has 5 nitrogen and oxygen atoms in total. The second-order valence-electron chi connectivity index (χ2n) is 5.01. The van der Waals surface area contributed by atoms with Crippen LogP contribution in [0.15, 0.2) is 31.8 Å². The van der Waals surface area contributed by atoms with Crippen LogP contribution in [0.5, 0.6) is 0 Å². The number of hydrogen-bond donors (Lipinski definition) is 1. The fourth-order valence-corrected chi connectivity index (χ4v) is 3.51. The van der Waals surface area contributed by atoms with Gasteiger partial charge in [-0.1, -0.05) is 19.9 Å². The highest BCUT2D eigenvalue weighted by atomic mass is 35.5. The quantitative estimate of drug-likeness (QED) is 0.861. The molecule has 0 saturated heterocycles. The highest BCUT2D eigenvalue weighted by Crippen LogP contribution is 2.37. The SMILES string of the molecule is CC(C)(CCl)CNS(=O)(=O)c1cccc2c1N=S=N2. The first kappa shape index (κ1) is 14.6. The van der Waals surface area contributed by atoms with Crippen molar-refractivity contribution in [3.8, 4) is 0 Å². The monoisotopic (exact) mass is 319 g/mol. The number of sulfonamides is 1. The van der Waals surface area contributed by atoms with Gasteiger partial charge in [-0.05, 0) is 17.5 Å². The van der Waals surface area contributed by atoms with Crippen LogP contribution in [0, 0.1) is 5.41 Å². The highest BCUT2D eigenvalue weighted by Gasteiger charge is 2.25. The minimum Gasteiger partial charge on any atom is -0.211 e. The number of halogens is 1. The van der Waals surface area contributed by atoms with Crippen molar-refractivity contribution in [3.05, 3.63) is 18.2 Å². The van der Waals surface area contributed by atoms with Crippen molar-refractivity contribution in [2.45, 2.75) is 18.7 Å². The number of hydrogen-bond acceptors (Lipinski definition) is 4. The summed E-state index contributed by atoms with van der Waals surface area (Å²) < 4.78 is 35.2. The predicted molar refractivity (Wildman–Crippen MR) is 77.7 cm³/mol. The van der Waals surface area contributed by atoms with Gasteiger partial charge in [0.2, 0.25) is 10.0 Å². The number of fused-ring (bicyclic) bond motifs is 1. The van der Waals surface area contributed by atoms with Crippen molar-refractivity contribution in [3.63, 3.8) is 0 Å². The van der Waals surface area contributed by atoms with Crippen LogP contribution in [0.4, 0.5) is 11.4 Å². The zero-order valence-electron chi connectivity index (χ0n) is 10.6. The molecule has 0 amide bonds. The van der Waals surface area contributed by atoms with E-state index in [1.54, 1.807) is 12.1 Å². The third kappa shape index (κ3) is 3.22. The van der Waals surface area contributed by atoms with Gasteiger partial charge in [-0.2, -0.15) is 8.73 Å². The van der Waals surface area contributed by atoms with Gasteiger partial charge in [0.05, 0.1) is 11.4 Å². The Morgan fingerprint density at radius 3 is 2.79 bits per heavy atom. The standard InChI is InChI=1S/C11H14ClN3O2S2/c1-11(2,6-12)7-13-19(16,17)9-5-3-4-8-10(9)15-18-14-8/h3-5,13H,6-7H2,1-2H3. The summed E-state index contributed by atoms with van der Waals surface area (Å²) in [5.74, 6) is 0.373. The lowest BCUT2D eigenvalue weighted by molar-refractivity contribution is 0.414. The maximum Gasteiger partial charge on any atom is 0.242 e. The summed E-state index contributed by atoms with van der Waals surface area (Å²) in [4.78, 5) is 0.157. The molecule has 0 atom stereocenters. The molecule has 0 aromatic heterocycles. The van der Waals surface area contributed by atoms with Crippen LogP contribution < -0.4 is 4.72 Å². The average molecular weight is 320 g/mol. The van der Waals surface area contributed by atoms with Crippen LogP contribution in [0.2, 0.25) is 0 Å². The van der Waals surface area contributed by atoms with E-state index in [2.05, 4.69) is 13.4 Å². The van der Waals surface area contributed by atoms with Crippen LogP contribution in [0.3, 0.4) is 0 Å². The van der Waals surface area contributed by atoms with E-state index in [9.17, 15) is 8.42 Å². The van der Waals surface area contributed by atoms with E-state index < -0.39 is 10.0 Å². The zero-order chi connectivity index (χ0) is 14.1. The van der Waals surface area contributed by atoms with Crippen LogP contribution in [-0.2, 0) is 21.4 Å². The third-order valence-corrected chi connectivity index (χ3v) is 5.34. The number of alkyl halides is 1. The van der Waals surface area contributed by atoms with E-state index in [-0.39, 0.29) is 16.9 Å². The molecule has 1 aliphatic rings. The summed E-state index contributed by atoms with van der Waals surface area (Å²) >= 11 is 6.79. The first-order valence-corrected chi connectivity index (χ1v) is 8.37. The molecule has 0 bridgehead atoms. The van der Waals surface area contributed by atoms with Crippen LogP contribution >= 0.6 is 11.6 Å². The van der Waals surface area contributed by atoms with Crippen molar-refractivity contribution in [1.82, 2.24) is 4.72 Å². The third-order valence-electron chi connectivity index (χ3n) is 2.64. The lowest BCUT2D eigenvalue weighted by Crippen LogP contribution is -2.35. The number of benzene rings is 1. The molecule has 19 heavy (non-hydrogen) atoms.